The second-order valence-electron chi connectivity index (χ2n) is 6.76. The third-order valence-corrected chi connectivity index (χ3v) is 5.10. The molecule has 6 heteroatoms. The lowest BCUT2D eigenvalue weighted by molar-refractivity contribution is -0.139. The molecule has 0 radical (unpaired) electrons. The monoisotopic (exact) mass is 401 g/mol. The number of likely N-dealkylation sites (tertiary alicyclic amines) is 1. The fourth-order valence-electron chi connectivity index (χ4n) is 3.40. The summed E-state index contributed by atoms with van der Waals surface area (Å²) >= 11 is 5.90. The van der Waals surface area contributed by atoms with Crippen LogP contribution in [0.2, 0.25) is 5.02 Å². The summed E-state index contributed by atoms with van der Waals surface area (Å²) in [6.45, 7) is 2.43. The van der Waals surface area contributed by atoms with Gasteiger partial charge in [-0.25, -0.2) is 4.39 Å². The number of Topliss-reactive ketones (excluding diaryl/α,β-unsaturated/α-hetero) is 1. The van der Waals surface area contributed by atoms with Crippen LogP contribution >= 0.6 is 11.6 Å². The number of carbonyl (C=O) groups is 2. The van der Waals surface area contributed by atoms with Crippen molar-refractivity contribution in [3.63, 3.8) is 0 Å². The van der Waals surface area contributed by atoms with E-state index >= 15 is 0 Å². The summed E-state index contributed by atoms with van der Waals surface area (Å²) in [5.41, 5.74) is 0.978. The number of hydrogen-bond acceptors (Lipinski definition) is 3. The molecule has 0 aromatic heterocycles. The Morgan fingerprint density at radius 1 is 1.07 bits per heavy atom. The summed E-state index contributed by atoms with van der Waals surface area (Å²) < 4.78 is 13.4. The standard InChI is InChI=1S/C22H21ClFNO3/c1-2-3-4-13-25-19(14-7-11-17(24)12-8-14)18(21(27)22(25)28)20(26)15-5-9-16(23)10-6-15/h5-12,19,26H,2-4,13H2,1H3/b20-18-. The van der Waals surface area contributed by atoms with E-state index in [0.29, 0.717) is 22.7 Å². The Labute approximate surface area is 168 Å². The fourth-order valence-corrected chi connectivity index (χ4v) is 3.52. The minimum Gasteiger partial charge on any atom is -0.507 e. The van der Waals surface area contributed by atoms with Gasteiger partial charge in [-0.05, 0) is 48.4 Å². The molecule has 2 aromatic carbocycles. The van der Waals surface area contributed by atoms with Gasteiger partial charge in [0.15, 0.2) is 0 Å². The van der Waals surface area contributed by atoms with Crippen LogP contribution in [0.4, 0.5) is 4.39 Å². The molecule has 28 heavy (non-hydrogen) atoms. The molecule has 1 aliphatic rings. The van der Waals surface area contributed by atoms with Gasteiger partial charge in [-0.3, -0.25) is 9.59 Å². The summed E-state index contributed by atoms with van der Waals surface area (Å²) in [6, 6.07) is 11.2. The number of carbonyl (C=O) groups excluding carboxylic acids is 2. The van der Waals surface area contributed by atoms with Crippen LogP contribution in [0.25, 0.3) is 5.76 Å². The van der Waals surface area contributed by atoms with Gasteiger partial charge >= 0.3 is 0 Å². The number of aliphatic hydroxyl groups excluding tert-OH is 1. The van der Waals surface area contributed by atoms with Crippen molar-refractivity contribution in [1.82, 2.24) is 4.90 Å². The van der Waals surface area contributed by atoms with Crippen molar-refractivity contribution in [3.8, 4) is 0 Å². The van der Waals surface area contributed by atoms with Gasteiger partial charge in [-0.15, -0.1) is 0 Å². The Bertz CT molecular complexity index is 906. The van der Waals surface area contributed by atoms with Crippen LogP contribution in [0.15, 0.2) is 54.1 Å². The molecule has 1 heterocycles. The first-order valence-corrected chi connectivity index (χ1v) is 9.61. The number of halogens is 2. The Kier molecular flexibility index (Phi) is 6.15. The molecular formula is C22H21ClFNO3. The van der Waals surface area contributed by atoms with E-state index in [4.69, 9.17) is 11.6 Å². The molecule has 3 rings (SSSR count). The first-order chi connectivity index (χ1) is 13.4. The average molecular weight is 402 g/mol. The lowest BCUT2D eigenvalue weighted by atomic mass is 9.95. The SMILES string of the molecule is CCCCCN1C(=O)C(=O)/C(=C(\O)c2ccc(Cl)cc2)C1c1ccc(F)cc1. The Morgan fingerprint density at radius 2 is 1.71 bits per heavy atom. The Morgan fingerprint density at radius 3 is 2.32 bits per heavy atom. The van der Waals surface area contributed by atoms with Gasteiger partial charge in [0.2, 0.25) is 0 Å². The highest BCUT2D eigenvalue weighted by Crippen LogP contribution is 2.39. The zero-order valence-corrected chi connectivity index (χ0v) is 16.2. The van der Waals surface area contributed by atoms with Crippen molar-refractivity contribution >= 4 is 29.1 Å². The number of unbranched alkanes of at least 4 members (excludes halogenated alkanes) is 2. The van der Waals surface area contributed by atoms with Crippen LogP contribution in [0.5, 0.6) is 0 Å². The van der Waals surface area contributed by atoms with Crippen LogP contribution < -0.4 is 0 Å². The van der Waals surface area contributed by atoms with Crippen LogP contribution in [-0.4, -0.2) is 28.2 Å². The first-order valence-electron chi connectivity index (χ1n) is 9.24. The van der Waals surface area contributed by atoms with Gasteiger partial charge in [0.1, 0.15) is 11.6 Å². The first kappa shape index (κ1) is 20.1. The number of hydrogen-bond donors (Lipinski definition) is 1. The van der Waals surface area contributed by atoms with Gasteiger partial charge < -0.3 is 10.0 Å². The van der Waals surface area contributed by atoms with Crippen molar-refractivity contribution in [2.45, 2.75) is 32.2 Å². The van der Waals surface area contributed by atoms with Crippen LogP contribution in [0.3, 0.4) is 0 Å². The predicted octanol–water partition coefficient (Wildman–Crippen LogP) is 5.09. The molecule has 1 fully saturated rings. The van der Waals surface area contributed by atoms with Crippen LogP contribution in [0.1, 0.15) is 43.4 Å². The zero-order valence-electron chi connectivity index (χ0n) is 15.5. The minimum atomic E-state index is -0.756. The molecule has 4 nitrogen and oxygen atoms in total. The van der Waals surface area contributed by atoms with Crippen molar-refractivity contribution in [2.24, 2.45) is 0 Å². The normalized spacial score (nSPS) is 18.7. The van der Waals surface area contributed by atoms with Gasteiger partial charge in [0.25, 0.3) is 11.7 Å². The van der Waals surface area contributed by atoms with Gasteiger partial charge in [-0.2, -0.15) is 0 Å². The lowest BCUT2D eigenvalue weighted by Crippen LogP contribution is -2.30. The van der Waals surface area contributed by atoms with Crippen molar-refractivity contribution in [2.75, 3.05) is 6.54 Å². The second-order valence-corrected chi connectivity index (χ2v) is 7.19. The number of nitrogens with zero attached hydrogens (tertiary/aromatic N) is 1. The van der Waals surface area contributed by atoms with E-state index in [-0.39, 0.29) is 11.3 Å². The van der Waals surface area contributed by atoms with E-state index < -0.39 is 23.5 Å². The minimum absolute atomic E-state index is 0.00966. The molecule has 1 aliphatic heterocycles. The molecule has 1 atom stereocenters. The summed E-state index contributed by atoms with van der Waals surface area (Å²) in [7, 11) is 0. The van der Waals surface area contributed by atoms with Crippen molar-refractivity contribution < 1.29 is 19.1 Å². The van der Waals surface area contributed by atoms with E-state index in [1.165, 1.54) is 29.2 Å². The van der Waals surface area contributed by atoms with Gasteiger partial charge in [-0.1, -0.05) is 43.5 Å². The van der Waals surface area contributed by atoms with Crippen LogP contribution in [-0.2, 0) is 9.59 Å². The molecule has 1 amide bonds. The zero-order chi connectivity index (χ0) is 20.3. The summed E-state index contributed by atoms with van der Waals surface area (Å²) in [6.07, 6.45) is 2.62. The summed E-state index contributed by atoms with van der Waals surface area (Å²) in [4.78, 5) is 26.9. The quantitative estimate of drug-likeness (QED) is 0.317. The maximum Gasteiger partial charge on any atom is 0.295 e. The number of aliphatic hydroxyl groups is 1. The van der Waals surface area contributed by atoms with Gasteiger partial charge in [0.05, 0.1) is 11.6 Å². The lowest BCUT2D eigenvalue weighted by Gasteiger charge is -2.25. The molecule has 0 spiro atoms. The molecule has 1 unspecified atom stereocenters. The van der Waals surface area contributed by atoms with Gasteiger partial charge in [0, 0.05) is 17.1 Å². The summed E-state index contributed by atoms with van der Waals surface area (Å²) in [5.74, 6) is -2.06. The molecule has 0 aliphatic carbocycles. The highest BCUT2D eigenvalue weighted by atomic mass is 35.5. The number of benzene rings is 2. The maximum atomic E-state index is 13.4. The van der Waals surface area contributed by atoms with E-state index in [1.54, 1.807) is 24.3 Å². The molecule has 0 saturated carbocycles. The summed E-state index contributed by atoms with van der Waals surface area (Å²) in [5, 5.41) is 11.3. The molecule has 146 valence electrons. The van der Waals surface area contributed by atoms with E-state index in [1.807, 2.05) is 6.92 Å². The Balaban J connectivity index is 2.10. The molecule has 2 aromatic rings. The predicted molar refractivity (Wildman–Crippen MR) is 106 cm³/mol. The molecule has 0 bridgehead atoms. The smallest absolute Gasteiger partial charge is 0.295 e. The second kappa shape index (κ2) is 8.57. The largest absolute Gasteiger partial charge is 0.507 e. The fraction of sp³-hybridized carbons (Fsp3) is 0.273. The molecule has 1 saturated heterocycles. The molecular weight excluding hydrogens is 381 g/mol. The number of ketones is 1. The number of amides is 1. The molecule has 1 N–H and O–H groups in total. The van der Waals surface area contributed by atoms with Crippen molar-refractivity contribution in [1.29, 1.82) is 0 Å². The topological polar surface area (TPSA) is 57.6 Å². The van der Waals surface area contributed by atoms with E-state index in [9.17, 15) is 19.1 Å². The third kappa shape index (κ3) is 3.94. The highest BCUT2D eigenvalue weighted by molar-refractivity contribution is 6.46. The Hall–Kier alpha value is -2.66. The maximum absolute atomic E-state index is 13.4. The van der Waals surface area contributed by atoms with Crippen molar-refractivity contribution in [3.05, 3.63) is 76.1 Å². The highest BCUT2D eigenvalue weighted by Gasteiger charge is 2.45. The van der Waals surface area contributed by atoms with Crippen LogP contribution in [0, 0.1) is 5.82 Å². The third-order valence-electron chi connectivity index (χ3n) is 4.85. The average Bonchev–Trinajstić information content (AvgIpc) is 2.94. The van der Waals surface area contributed by atoms with E-state index in [2.05, 4.69) is 0 Å². The van der Waals surface area contributed by atoms with E-state index in [0.717, 1.165) is 19.3 Å². The number of rotatable bonds is 6.